The first kappa shape index (κ1) is 23.8. The molecule has 9 nitrogen and oxygen atoms in total. The van der Waals surface area contributed by atoms with Crippen molar-refractivity contribution in [1.29, 1.82) is 0 Å². The fourth-order valence-electron chi connectivity index (χ4n) is 4.18. The SMILES string of the molecule is CN=C(NCc1noc(C)n1)N1CCN(CC(=O)N2CC(C)CC(C)C2)CC1.I. The number of aromatic nitrogens is 2. The minimum atomic E-state index is 0. The van der Waals surface area contributed by atoms with E-state index in [4.69, 9.17) is 4.52 Å². The van der Waals surface area contributed by atoms with Crippen LogP contribution in [0.1, 0.15) is 32.0 Å². The van der Waals surface area contributed by atoms with Gasteiger partial charge in [-0.1, -0.05) is 19.0 Å². The van der Waals surface area contributed by atoms with E-state index >= 15 is 0 Å². The molecule has 10 heteroatoms. The molecule has 164 valence electrons. The summed E-state index contributed by atoms with van der Waals surface area (Å²) in [5.41, 5.74) is 0. The molecule has 2 aliphatic heterocycles. The molecule has 29 heavy (non-hydrogen) atoms. The Hall–Kier alpha value is -1.43. The number of amides is 1. The maximum atomic E-state index is 12.7. The van der Waals surface area contributed by atoms with Gasteiger partial charge in [-0.05, 0) is 18.3 Å². The second kappa shape index (κ2) is 11.1. The molecule has 0 radical (unpaired) electrons. The number of carbonyl (C=O) groups excluding carboxylic acids is 1. The molecule has 0 spiro atoms. The maximum absolute atomic E-state index is 12.7. The molecule has 1 aromatic heterocycles. The van der Waals surface area contributed by atoms with Crippen LogP contribution in [0.2, 0.25) is 0 Å². The van der Waals surface area contributed by atoms with Gasteiger partial charge in [0.2, 0.25) is 11.8 Å². The summed E-state index contributed by atoms with van der Waals surface area (Å²) in [5, 5.41) is 7.18. The Morgan fingerprint density at radius 2 is 1.83 bits per heavy atom. The van der Waals surface area contributed by atoms with Gasteiger partial charge >= 0.3 is 0 Å². The smallest absolute Gasteiger partial charge is 0.236 e. The first-order valence-corrected chi connectivity index (χ1v) is 10.2. The number of nitrogens with one attached hydrogen (secondary N) is 1. The van der Waals surface area contributed by atoms with Crippen LogP contribution in [-0.2, 0) is 11.3 Å². The lowest BCUT2D eigenvalue weighted by Gasteiger charge is -2.39. The number of aliphatic imine (C=N–C) groups is 1. The lowest BCUT2D eigenvalue weighted by molar-refractivity contribution is -0.135. The zero-order chi connectivity index (χ0) is 20.1. The summed E-state index contributed by atoms with van der Waals surface area (Å²) < 4.78 is 4.99. The van der Waals surface area contributed by atoms with Crippen molar-refractivity contribution < 1.29 is 9.32 Å². The van der Waals surface area contributed by atoms with Gasteiger partial charge in [-0.15, -0.1) is 24.0 Å². The number of carbonyl (C=O) groups is 1. The Bertz CT molecular complexity index is 678. The number of piperidine rings is 1. The van der Waals surface area contributed by atoms with Crippen molar-refractivity contribution in [3.05, 3.63) is 11.7 Å². The predicted octanol–water partition coefficient (Wildman–Crippen LogP) is 1.19. The average Bonchev–Trinajstić information content (AvgIpc) is 3.08. The molecule has 0 bridgehead atoms. The predicted molar refractivity (Wildman–Crippen MR) is 122 cm³/mol. The van der Waals surface area contributed by atoms with Crippen molar-refractivity contribution in [1.82, 2.24) is 30.2 Å². The molecule has 1 aromatic rings. The minimum absolute atomic E-state index is 0. The molecule has 3 heterocycles. The van der Waals surface area contributed by atoms with Crippen molar-refractivity contribution in [3.63, 3.8) is 0 Å². The standard InChI is InChI=1S/C19H33N7O2.HI/c1-14-9-15(2)12-26(11-14)18(27)13-24-5-7-25(8-6-24)19(20-4)21-10-17-22-16(3)28-23-17;/h14-15H,5-13H2,1-4H3,(H,20,21);1H. The minimum Gasteiger partial charge on any atom is -0.349 e. The molecule has 2 aliphatic rings. The molecule has 0 aliphatic carbocycles. The lowest BCUT2D eigenvalue weighted by atomic mass is 9.92. The molecular formula is C19H34IN7O2. The summed E-state index contributed by atoms with van der Waals surface area (Å²) in [6, 6.07) is 0. The molecule has 0 saturated carbocycles. The quantitative estimate of drug-likeness (QED) is 0.363. The summed E-state index contributed by atoms with van der Waals surface area (Å²) in [6.07, 6.45) is 1.22. The van der Waals surface area contributed by atoms with E-state index in [-0.39, 0.29) is 29.9 Å². The van der Waals surface area contributed by atoms with Crippen LogP contribution in [-0.4, -0.2) is 89.6 Å². The largest absolute Gasteiger partial charge is 0.349 e. The van der Waals surface area contributed by atoms with Gasteiger partial charge in [-0.2, -0.15) is 4.98 Å². The molecule has 1 amide bonds. The summed E-state index contributed by atoms with van der Waals surface area (Å²) in [5.74, 6) is 3.47. The van der Waals surface area contributed by atoms with Gasteiger partial charge in [0.1, 0.15) is 0 Å². The third-order valence-corrected chi connectivity index (χ3v) is 5.44. The number of hydrogen-bond acceptors (Lipinski definition) is 6. The Morgan fingerprint density at radius 1 is 1.17 bits per heavy atom. The molecule has 3 rings (SSSR count). The highest BCUT2D eigenvalue weighted by Gasteiger charge is 2.28. The lowest BCUT2D eigenvalue weighted by Crippen LogP contribution is -2.55. The number of piperazine rings is 1. The Morgan fingerprint density at radius 3 is 2.38 bits per heavy atom. The van der Waals surface area contributed by atoms with Crippen LogP contribution in [0, 0.1) is 18.8 Å². The third-order valence-electron chi connectivity index (χ3n) is 5.44. The van der Waals surface area contributed by atoms with E-state index in [0.717, 1.165) is 45.2 Å². The summed E-state index contributed by atoms with van der Waals surface area (Å²) in [4.78, 5) is 27.8. The van der Waals surface area contributed by atoms with Crippen LogP contribution in [0.5, 0.6) is 0 Å². The molecule has 2 atom stereocenters. The van der Waals surface area contributed by atoms with Crippen LogP contribution >= 0.6 is 24.0 Å². The summed E-state index contributed by atoms with van der Waals surface area (Å²) in [6.45, 7) is 12.4. The van der Waals surface area contributed by atoms with Gasteiger partial charge in [0.15, 0.2) is 11.8 Å². The number of halogens is 1. The van der Waals surface area contributed by atoms with Gasteiger partial charge in [0, 0.05) is 53.2 Å². The van der Waals surface area contributed by atoms with Gasteiger partial charge in [-0.25, -0.2) is 0 Å². The van der Waals surface area contributed by atoms with Crippen LogP contribution in [0.15, 0.2) is 9.52 Å². The van der Waals surface area contributed by atoms with Crippen LogP contribution in [0.4, 0.5) is 0 Å². The topological polar surface area (TPSA) is 90.1 Å². The molecule has 2 unspecified atom stereocenters. The van der Waals surface area contributed by atoms with Gasteiger partial charge in [0.05, 0.1) is 13.1 Å². The zero-order valence-electron chi connectivity index (χ0n) is 17.9. The van der Waals surface area contributed by atoms with E-state index < -0.39 is 0 Å². The van der Waals surface area contributed by atoms with Crippen LogP contribution in [0.25, 0.3) is 0 Å². The number of hydrogen-bond donors (Lipinski definition) is 1. The first-order chi connectivity index (χ1) is 13.4. The molecule has 2 fully saturated rings. The van der Waals surface area contributed by atoms with Crippen molar-refractivity contribution >= 4 is 35.8 Å². The molecular weight excluding hydrogens is 485 g/mol. The third kappa shape index (κ3) is 6.80. The van der Waals surface area contributed by atoms with E-state index in [1.54, 1.807) is 14.0 Å². The van der Waals surface area contributed by atoms with Gasteiger partial charge < -0.3 is 19.6 Å². The van der Waals surface area contributed by atoms with Crippen molar-refractivity contribution in [2.45, 2.75) is 33.7 Å². The Kier molecular flexibility index (Phi) is 9.12. The fourth-order valence-corrected chi connectivity index (χ4v) is 4.18. The van der Waals surface area contributed by atoms with Crippen LogP contribution in [0.3, 0.4) is 0 Å². The second-order valence-corrected chi connectivity index (χ2v) is 8.14. The van der Waals surface area contributed by atoms with Crippen molar-refractivity contribution in [3.8, 4) is 0 Å². The number of nitrogens with zero attached hydrogens (tertiary/aromatic N) is 6. The molecule has 0 aromatic carbocycles. The van der Waals surface area contributed by atoms with E-state index in [1.165, 1.54) is 6.42 Å². The number of aryl methyl sites for hydroxylation is 1. The van der Waals surface area contributed by atoms with E-state index in [1.807, 2.05) is 0 Å². The highest BCUT2D eigenvalue weighted by atomic mass is 127. The van der Waals surface area contributed by atoms with Gasteiger partial charge in [-0.3, -0.25) is 14.7 Å². The Labute approximate surface area is 190 Å². The summed E-state index contributed by atoms with van der Waals surface area (Å²) >= 11 is 0. The van der Waals surface area contributed by atoms with Crippen molar-refractivity contribution in [2.24, 2.45) is 16.8 Å². The second-order valence-electron chi connectivity index (χ2n) is 8.14. The van der Waals surface area contributed by atoms with E-state index in [2.05, 4.69) is 49.0 Å². The monoisotopic (exact) mass is 519 g/mol. The molecule has 1 N–H and O–H groups in total. The van der Waals surface area contributed by atoms with E-state index in [9.17, 15) is 4.79 Å². The highest BCUT2D eigenvalue weighted by molar-refractivity contribution is 14.0. The normalized spacial score (nSPS) is 23.7. The number of likely N-dealkylation sites (tertiary alicyclic amines) is 1. The average molecular weight is 519 g/mol. The number of rotatable bonds is 4. The number of guanidine groups is 1. The molecule has 2 saturated heterocycles. The van der Waals surface area contributed by atoms with Gasteiger partial charge in [0.25, 0.3) is 0 Å². The van der Waals surface area contributed by atoms with Crippen LogP contribution < -0.4 is 5.32 Å². The summed E-state index contributed by atoms with van der Waals surface area (Å²) in [7, 11) is 1.78. The van der Waals surface area contributed by atoms with E-state index in [0.29, 0.717) is 36.6 Å². The highest BCUT2D eigenvalue weighted by Crippen LogP contribution is 2.21. The van der Waals surface area contributed by atoms with Crippen molar-refractivity contribution in [2.75, 3.05) is 52.9 Å². The Balaban J connectivity index is 0.00000300. The first-order valence-electron chi connectivity index (χ1n) is 10.2. The maximum Gasteiger partial charge on any atom is 0.236 e. The zero-order valence-corrected chi connectivity index (χ0v) is 20.3. The fraction of sp³-hybridized carbons (Fsp3) is 0.789.